The Morgan fingerprint density at radius 2 is 1.87 bits per heavy atom. The summed E-state index contributed by atoms with van der Waals surface area (Å²) >= 11 is 1.66. The summed E-state index contributed by atoms with van der Waals surface area (Å²) in [6.07, 6.45) is 0. The lowest BCUT2D eigenvalue weighted by atomic mass is 9.86. The van der Waals surface area contributed by atoms with Crippen molar-refractivity contribution in [3.05, 3.63) is 53.6 Å². The molecule has 23 heavy (non-hydrogen) atoms. The van der Waals surface area contributed by atoms with E-state index in [1.165, 1.54) is 11.1 Å². The van der Waals surface area contributed by atoms with Crippen LogP contribution < -0.4 is 10.1 Å². The van der Waals surface area contributed by atoms with E-state index < -0.39 is 0 Å². The van der Waals surface area contributed by atoms with Gasteiger partial charge in [-0.2, -0.15) is 0 Å². The Balaban J connectivity index is 1.89. The molecule has 0 aliphatic carbocycles. The molecule has 0 fully saturated rings. The Bertz CT molecular complexity index is 803. The van der Waals surface area contributed by atoms with Gasteiger partial charge in [0.2, 0.25) is 0 Å². The van der Waals surface area contributed by atoms with Crippen LogP contribution in [0.25, 0.3) is 10.2 Å². The second-order valence-corrected chi connectivity index (χ2v) is 7.66. The number of nitrogens with one attached hydrogen (secondary N) is 1. The van der Waals surface area contributed by atoms with Crippen molar-refractivity contribution in [2.45, 2.75) is 32.7 Å². The van der Waals surface area contributed by atoms with Crippen LogP contribution in [0.3, 0.4) is 0 Å². The third-order valence-electron chi connectivity index (χ3n) is 3.80. The van der Waals surface area contributed by atoms with E-state index in [1.807, 2.05) is 6.07 Å². The van der Waals surface area contributed by atoms with Gasteiger partial charge in [0, 0.05) is 12.1 Å². The molecular weight excluding hydrogens is 304 g/mol. The normalized spacial score (nSPS) is 11.7. The maximum atomic E-state index is 5.58. The summed E-state index contributed by atoms with van der Waals surface area (Å²) in [5, 5.41) is 4.35. The van der Waals surface area contributed by atoms with E-state index in [1.54, 1.807) is 18.4 Å². The Kier molecular flexibility index (Phi) is 4.26. The topological polar surface area (TPSA) is 34.1 Å². The van der Waals surface area contributed by atoms with Crippen LogP contribution >= 0.6 is 11.3 Å². The van der Waals surface area contributed by atoms with Crippen LogP contribution in [0.4, 0.5) is 5.13 Å². The number of hydrogen-bond donors (Lipinski definition) is 1. The van der Waals surface area contributed by atoms with Crippen LogP contribution in [0.15, 0.2) is 42.5 Å². The van der Waals surface area contributed by atoms with Crippen LogP contribution in [-0.4, -0.2) is 12.1 Å². The van der Waals surface area contributed by atoms with Crippen LogP contribution in [0.1, 0.15) is 31.9 Å². The summed E-state index contributed by atoms with van der Waals surface area (Å²) in [5.41, 5.74) is 3.49. The molecular formula is C19H22N2OS. The molecule has 0 spiro atoms. The molecule has 1 heterocycles. The number of ether oxygens (including phenoxy) is 1. The highest BCUT2D eigenvalue weighted by molar-refractivity contribution is 7.22. The second-order valence-electron chi connectivity index (χ2n) is 6.63. The van der Waals surface area contributed by atoms with Crippen LogP contribution in [0.2, 0.25) is 0 Å². The fraction of sp³-hybridized carbons (Fsp3) is 0.316. The first kappa shape index (κ1) is 15.8. The number of hydrogen-bond acceptors (Lipinski definition) is 4. The number of anilines is 1. The molecule has 0 amide bonds. The lowest BCUT2D eigenvalue weighted by Crippen LogP contribution is -2.12. The van der Waals surface area contributed by atoms with E-state index in [-0.39, 0.29) is 5.41 Å². The first-order valence-corrected chi connectivity index (χ1v) is 8.56. The fourth-order valence-corrected chi connectivity index (χ4v) is 3.43. The Hall–Kier alpha value is -2.07. The zero-order chi connectivity index (χ0) is 16.4. The van der Waals surface area contributed by atoms with Crippen molar-refractivity contribution in [1.29, 1.82) is 0 Å². The van der Waals surface area contributed by atoms with Crippen molar-refractivity contribution in [2.24, 2.45) is 0 Å². The molecule has 0 saturated carbocycles. The summed E-state index contributed by atoms with van der Waals surface area (Å²) in [7, 11) is 1.73. The first-order valence-electron chi connectivity index (χ1n) is 7.74. The van der Waals surface area contributed by atoms with Gasteiger partial charge in [-0.15, -0.1) is 0 Å². The minimum absolute atomic E-state index is 0.0286. The summed E-state index contributed by atoms with van der Waals surface area (Å²) in [5.74, 6) is 0.934. The maximum Gasteiger partial charge on any atom is 0.184 e. The molecule has 0 saturated heterocycles. The summed E-state index contributed by atoms with van der Waals surface area (Å²) < 4.78 is 6.72. The monoisotopic (exact) mass is 326 g/mol. The summed E-state index contributed by atoms with van der Waals surface area (Å²) in [4.78, 5) is 4.73. The van der Waals surface area contributed by atoms with Gasteiger partial charge >= 0.3 is 0 Å². The van der Waals surface area contributed by atoms with Gasteiger partial charge in [-0.25, -0.2) is 4.98 Å². The van der Waals surface area contributed by atoms with Crippen molar-refractivity contribution in [3.63, 3.8) is 0 Å². The zero-order valence-corrected chi connectivity index (χ0v) is 14.8. The van der Waals surface area contributed by atoms with E-state index in [2.05, 4.69) is 62.5 Å². The largest absolute Gasteiger partial charge is 0.496 e. The molecule has 0 aliphatic rings. The molecule has 3 aromatic rings. The number of thiazole rings is 1. The minimum Gasteiger partial charge on any atom is -0.496 e. The predicted octanol–water partition coefficient (Wildman–Crippen LogP) is 5.21. The van der Waals surface area contributed by atoms with Gasteiger partial charge < -0.3 is 10.1 Å². The molecule has 1 N–H and O–H groups in total. The summed E-state index contributed by atoms with van der Waals surface area (Å²) in [6, 6.07) is 14.6. The standard InChI is InChI=1S/C19H22N2OS/c1-19(2,3)14-10-15-17(11-16(14)22-4)23-18(21-15)20-12-13-8-6-5-7-9-13/h5-11H,12H2,1-4H3,(H,20,21). The lowest BCUT2D eigenvalue weighted by Gasteiger charge is -2.21. The van der Waals surface area contributed by atoms with Gasteiger partial charge in [-0.3, -0.25) is 0 Å². The number of fused-ring (bicyclic) bond motifs is 1. The van der Waals surface area contributed by atoms with E-state index in [4.69, 9.17) is 9.72 Å². The lowest BCUT2D eigenvalue weighted by molar-refractivity contribution is 0.398. The molecule has 0 unspecified atom stereocenters. The molecule has 1 aromatic heterocycles. The van der Waals surface area contributed by atoms with Gasteiger partial charge in [-0.05, 0) is 23.1 Å². The van der Waals surface area contributed by atoms with Gasteiger partial charge in [-0.1, -0.05) is 62.4 Å². The Morgan fingerprint density at radius 3 is 2.52 bits per heavy atom. The van der Waals surface area contributed by atoms with E-state index in [9.17, 15) is 0 Å². The molecule has 3 rings (SSSR count). The third kappa shape index (κ3) is 3.48. The van der Waals surface area contributed by atoms with Gasteiger partial charge in [0.1, 0.15) is 5.75 Å². The summed E-state index contributed by atoms with van der Waals surface area (Å²) in [6.45, 7) is 7.36. The average molecular weight is 326 g/mol. The molecule has 0 aliphatic heterocycles. The number of methoxy groups -OCH3 is 1. The number of nitrogens with zero attached hydrogens (tertiary/aromatic N) is 1. The molecule has 2 aromatic carbocycles. The quantitative estimate of drug-likeness (QED) is 0.714. The molecule has 0 radical (unpaired) electrons. The van der Waals surface area contributed by atoms with Crippen LogP contribution in [0, 0.1) is 0 Å². The molecule has 4 heteroatoms. The van der Waals surface area contributed by atoms with Gasteiger partial charge in [0.05, 0.1) is 17.3 Å². The van der Waals surface area contributed by atoms with E-state index >= 15 is 0 Å². The number of rotatable bonds is 4. The molecule has 120 valence electrons. The maximum absolute atomic E-state index is 5.58. The van der Waals surface area contributed by atoms with Crippen molar-refractivity contribution < 1.29 is 4.74 Å². The molecule has 3 nitrogen and oxygen atoms in total. The highest BCUT2D eigenvalue weighted by atomic mass is 32.1. The predicted molar refractivity (Wildman–Crippen MR) is 98.6 cm³/mol. The minimum atomic E-state index is 0.0286. The second kappa shape index (κ2) is 6.20. The molecule has 0 atom stereocenters. The van der Waals surface area contributed by atoms with Crippen molar-refractivity contribution in [1.82, 2.24) is 4.98 Å². The van der Waals surface area contributed by atoms with Crippen molar-refractivity contribution >= 4 is 26.7 Å². The third-order valence-corrected chi connectivity index (χ3v) is 4.78. The SMILES string of the molecule is COc1cc2sc(NCc3ccccc3)nc2cc1C(C)(C)C. The van der Waals surface area contributed by atoms with Gasteiger partial charge in [0.15, 0.2) is 5.13 Å². The van der Waals surface area contributed by atoms with Crippen molar-refractivity contribution in [3.8, 4) is 5.75 Å². The Morgan fingerprint density at radius 1 is 1.13 bits per heavy atom. The zero-order valence-electron chi connectivity index (χ0n) is 14.0. The molecule has 0 bridgehead atoms. The number of aromatic nitrogens is 1. The van der Waals surface area contributed by atoms with Crippen molar-refractivity contribution in [2.75, 3.05) is 12.4 Å². The van der Waals surface area contributed by atoms with E-state index in [0.29, 0.717) is 0 Å². The smallest absolute Gasteiger partial charge is 0.184 e. The van der Waals surface area contributed by atoms with E-state index in [0.717, 1.165) is 27.6 Å². The first-order chi connectivity index (χ1) is 11.0. The highest BCUT2D eigenvalue weighted by Crippen LogP contribution is 2.37. The Labute approximate surface area is 141 Å². The average Bonchev–Trinajstić information content (AvgIpc) is 2.93. The van der Waals surface area contributed by atoms with Gasteiger partial charge in [0.25, 0.3) is 0 Å². The van der Waals surface area contributed by atoms with Crippen LogP contribution in [0.5, 0.6) is 5.75 Å². The highest BCUT2D eigenvalue weighted by Gasteiger charge is 2.20. The number of benzene rings is 2. The van der Waals surface area contributed by atoms with Crippen LogP contribution in [-0.2, 0) is 12.0 Å². The fourth-order valence-electron chi connectivity index (χ4n) is 2.56.